The second kappa shape index (κ2) is 4.84. The smallest absolute Gasteiger partial charge is 0.140 e. The summed E-state index contributed by atoms with van der Waals surface area (Å²) in [5.74, 6) is 0.746. The molecule has 3 unspecified atom stereocenters. The lowest BCUT2D eigenvalue weighted by Crippen LogP contribution is -2.53. The zero-order valence-electron chi connectivity index (χ0n) is 10.8. The third-order valence-electron chi connectivity index (χ3n) is 4.47. The van der Waals surface area contributed by atoms with E-state index in [1.54, 1.807) is 0 Å². The number of carbonyl (C=O) groups is 1. The van der Waals surface area contributed by atoms with E-state index in [0.29, 0.717) is 17.9 Å². The highest BCUT2D eigenvalue weighted by atomic mass is 16.1. The van der Waals surface area contributed by atoms with Gasteiger partial charge in [0, 0.05) is 37.5 Å². The van der Waals surface area contributed by atoms with Crippen LogP contribution in [-0.2, 0) is 4.79 Å². The van der Waals surface area contributed by atoms with Gasteiger partial charge in [0.25, 0.3) is 0 Å². The van der Waals surface area contributed by atoms with E-state index in [9.17, 15) is 4.79 Å². The van der Waals surface area contributed by atoms with Gasteiger partial charge in [-0.25, -0.2) is 0 Å². The third-order valence-corrected chi connectivity index (χ3v) is 4.47. The van der Waals surface area contributed by atoms with E-state index in [0.717, 1.165) is 19.5 Å². The zero-order valence-corrected chi connectivity index (χ0v) is 10.8. The number of ketones is 1. The molecule has 2 saturated heterocycles. The van der Waals surface area contributed by atoms with Crippen LogP contribution in [0.25, 0.3) is 0 Å². The van der Waals surface area contributed by atoms with Crippen LogP contribution >= 0.6 is 0 Å². The van der Waals surface area contributed by atoms with Crippen molar-refractivity contribution in [1.82, 2.24) is 9.80 Å². The predicted octanol–water partition coefficient (Wildman–Crippen LogP) is 1.38. The molecule has 3 atom stereocenters. The fourth-order valence-electron chi connectivity index (χ4n) is 3.19. The molecule has 0 aromatic heterocycles. The van der Waals surface area contributed by atoms with Gasteiger partial charge in [-0.15, -0.1) is 0 Å². The molecule has 3 nitrogen and oxygen atoms in total. The fraction of sp³-hybridized carbons (Fsp3) is 0.923. The lowest BCUT2D eigenvalue weighted by Gasteiger charge is -2.44. The largest absolute Gasteiger partial charge is 0.305 e. The molecule has 2 heterocycles. The molecule has 0 N–H and O–H groups in total. The number of hydrogen-bond donors (Lipinski definition) is 0. The second-order valence-corrected chi connectivity index (χ2v) is 5.60. The van der Waals surface area contributed by atoms with Crippen molar-refractivity contribution in [2.75, 3.05) is 27.2 Å². The van der Waals surface area contributed by atoms with Crippen LogP contribution in [0.5, 0.6) is 0 Å². The van der Waals surface area contributed by atoms with E-state index in [1.807, 2.05) is 0 Å². The van der Waals surface area contributed by atoms with Crippen molar-refractivity contribution in [3.8, 4) is 0 Å². The van der Waals surface area contributed by atoms with Crippen LogP contribution in [0.2, 0.25) is 0 Å². The minimum atomic E-state index is 0.256. The number of piperidine rings is 2. The summed E-state index contributed by atoms with van der Waals surface area (Å²) in [6.07, 6.45) is 4.51. The van der Waals surface area contributed by atoms with Crippen molar-refractivity contribution in [2.45, 2.75) is 44.7 Å². The molecule has 2 rings (SSSR count). The first kappa shape index (κ1) is 12.1. The van der Waals surface area contributed by atoms with Crippen LogP contribution in [0.15, 0.2) is 0 Å². The Morgan fingerprint density at radius 2 is 2.00 bits per heavy atom. The normalized spacial score (nSPS) is 38.9. The Bertz CT molecular complexity index is 267. The number of carbonyl (C=O) groups excluding carboxylic acids is 1. The van der Waals surface area contributed by atoms with E-state index >= 15 is 0 Å². The first-order chi connectivity index (χ1) is 7.59. The molecule has 0 saturated carbocycles. The maximum Gasteiger partial charge on any atom is 0.140 e. The zero-order chi connectivity index (χ0) is 11.7. The first-order valence-corrected chi connectivity index (χ1v) is 6.53. The van der Waals surface area contributed by atoms with Gasteiger partial charge in [-0.2, -0.15) is 0 Å². The third kappa shape index (κ3) is 2.30. The summed E-state index contributed by atoms with van der Waals surface area (Å²) in [4.78, 5) is 16.8. The molecule has 2 fully saturated rings. The first-order valence-electron chi connectivity index (χ1n) is 6.53. The summed E-state index contributed by atoms with van der Waals surface area (Å²) >= 11 is 0. The molecule has 0 bridgehead atoms. The van der Waals surface area contributed by atoms with E-state index in [-0.39, 0.29) is 5.92 Å². The molecule has 0 aromatic carbocycles. The molecule has 2 aliphatic rings. The van der Waals surface area contributed by atoms with Crippen LogP contribution < -0.4 is 0 Å². The summed E-state index contributed by atoms with van der Waals surface area (Å²) in [5.41, 5.74) is 0. The molecule has 2 aliphatic heterocycles. The van der Waals surface area contributed by atoms with Crippen molar-refractivity contribution < 1.29 is 4.79 Å². The van der Waals surface area contributed by atoms with E-state index in [4.69, 9.17) is 0 Å². The van der Waals surface area contributed by atoms with Gasteiger partial charge in [0.15, 0.2) is 0 Å². The van der Waals surface area contributed by atoms with Crippen molar-refractivity contribution >= 4 is 5.78 Å². The second-order valence-electron chi connectivity index (χ2n) is 5.60. The lowest BCUT2D eigenvalue weighted by molar-refractivity contribution is -0.129. The topological polar surface area (TPSA) is 23.6 Å². The molecule has 3 heteroatoms. The van der Waals surface area contributed by atoms with Crippen molar-refractivity contribution in [3.05, 3.63) is 0 Å². The minimum Gasteiger partial charge on any atom is -0.305 e. The highest BCUT2D eigenvalue weighted by Crippen LogP contribution is 2.29. The molecule has 0 amide bonds. The van der Waals surface area contributed by atoms with Gasteiger partial charge < -0.3 is 4.90 Å². The maximum atomic E-state index is 12.0. The molecule has 16 heavy (non-hydrogen) atoms. The maximum absolute atomic E-state index is 12.0. The quantitative estimate of drug-likeness (QED) is 0.672. The fourth-order valence-corrected chi connectivity index (χ4v) is 3.19. The van der Waals surface area contributed by atoms with Crippen LogP contribution in [0.1, 0.15) is 32.6 Å². The highest BCUT2D eigenvalue weighted by molar-refractivity contribution is 5.82. The standard InChI is InChI=1S/C13H24N2O/c1-10-5-4-6-12(15(10)3)11-9-14(2)8-7-13(11)16/h10-12H,4-9H2,1-3H3. The van der Waals surface area contributed by atoms with Gasteiger partial charge in [-0.3, -0.25) is 9.69 Å². The summed E-state index contributed by atoms with van der Waals surface area (Å²) in [5, 5.41) is 0. The SMILES string of the molecule is CC1CCCC(C2CN(C)CCC2=O)N1C. The number of rotatable bonds is 1. The molecule has 0 aromatic rings. The monoisotopic (exact) mass is 224 g/mol. The Kier molecular flexibility index (Phi) is 3.65. The van der Waals surface area contributed by atoms with Crippen LogP contribution in [0.3, 0.4) is 0 Å². The Labute approximate surface area is 98.8 Å². The number of likely N-dealkylation sites (tertiary alicyclic amines) is 2. The van der Waals surface area contributed by atoms with Crippen LogP contribution in [0, 0.1) is 5.92 Å². The van der Waals surface area contributed by atoms with Gasteiger partial charge in [-0.05, 0) is 33.9 Å². The van der Waals surface area contributed by atoms with Crippen LogP contribution in [0.4, 0.5) is 0 Å². The van der Waals surface area contributed by atoms with E-state index < -0.39 is 0 Å². The van der Waals surface area contributed by atoms with Crippen molar-refractivity contribution in [2.24, 2.45) is 5.92 Å². The van der Waals surface area contributed by atoms with Crippen molar-refractivity contribution in [1.29, 1.82) is 0 Å². The Balaban J connectivity index is 2.06. The average Bonchev–Trinajstić information content (AvgIpc) is 2.26. The average molecular weight is 224 g/mol. The molecule has 0 spiro atoms. The molecular formula is C13H24N2O. The Morgan fingerprint density at radius 3 is 2.75 bits per heavy atom. The van der Waals surface area contributed by atoms with Gasteiger partial charge in [-0.1, -0.05) is 6.42 Å². The molecular weight excluding hydrogens is 200 g/mol. The molecule has 0 radical (unpaired) electrons. The summed E-state index contributed by atoms with van der Waals surface area (Å²) in [7, 11) is 4.32. The van der Waals surface area contributed by atoms with Gasteiger partial charge in [0.1, 0.15) is 5.78 Å². The number of hydrogen-bond acceptors (Lipinski definition) is 3. The summed E-state index contributed by atoms with van der Waals surface area (Å²) in [6, 6.07) is 1.12. The van der Waals surface area contributed by atoms with Gasteiger partial charge >= 0.3 is 0 Å². The number of nitrogens with zero attached hydrogens (tertiary/aromatic N) is 2. The summed E-state index contributed by atoms with van der Waals surface area (Å²) < 4.78 is 0. The Hall–Kier alpha value is -0.410. The minimum absolute atomic E-state index is 0.256. The highest BCUT2D eigenvalue weighted by Gasteiger charge is 2.37. The van der Waals surface area contributed by atoms with Gasteiger partial charge in [0.05, 0.1) is 0 Å². The predicted molar refractivity (Wildman–Crippen MR) is 65.5 cm³/mol. The molecule has 0 aliphatic carbocycles. The Morgan fingerprint density at radius 1 is 1.25 bits per heavy atom. The van der Waals surface area contributed by atoms with E-state index in [2.05, 4.69) is 30.8 Å². The van der Waals surface area contributed by atoms with Gasteiger partial charge in [0.2, 0.25) is 0 Å². The van der Waals surface area contributed by atoms with Crippen molar-refractivity contribution in [3.63, 3.8) is 0 Å². The van der Waals surface area contributed by atoms with E-state index in [1.165, 1.54) is 19.3 Å². The number of Topliss-reactive ketones (excluding diaryl/α,β-unsaturated/α-hetero) is 1. The van der Waals surface area contributed by atoms with Crippen LogP contribution in [-0.4, -0.2) is 54.9 Å². The molecule has 92 valence electrons. The summed E-state index contributed by atoms with van der Waals surface area (Å²) in [6.45, 7) is 4.19. The lowest BCUT2D eigenvalue weighted by atomic mass is 9.82.